The number of benzene rings is 1. The van der Waals surface area contributed by atoms with Gasteiger partial charge in [-0.05, 0) is 49.9 Å². The molecule has 0 bridgehead atoms. The summed E-state index contributed by atoms with van der Waals surface area (Å²) < 4.78 is 0. The van der Waals surface area contributed by atoms with Crippen LogP contribution in [0.4, 0.5) is 0 Å². The van der Waals surface area contributed by atoms with Gasteiger partial charge in [-0.2, -0.15) is 0 Å². The molecule has 0 spiro atoms. The lowest BCUT2D eigenvalue weighted by Gasteiger charge is -2.32. The lowest BCUT2D eigenvalue weighted by atomic mass is 10.0. The molecule has 4 nitrogen and oxygen atoms in total. The van der Waals surface area contributed by atoms with E-state index in [4.69, 9.17) is 23.2 Å². The van der Waals surface area contributed by atoms with Crippen LogP contribution in [-0.2, 0) is 11.3 Å². The number of hydrogen-bond acceptors (Lipinski definition) is 3. The lowest BCUT2D eigenvalue weighted by Crippen LogP contribution is -2.45. The fraction of sp³-hybridized carbons (Fsp3) is 0.611. The molecule has 1 atom stereocenters. The number of likely N-dealkylation sites (tertiary alicyclic amines) is 1. The molecule has 0 aromatic heterocycles. The Balaban J connectivity index is 1.40. The number of nitrogens with zero attached hydrogens (tertiary/aromatic N) is 1. The number of nitrogens with one attached hydrogen (secondary N) is 2. The predicted octanol–water partition coefficient (Wildman–Crippen LogP) is 3.22. The molecule has 6 heteroatoms. The molecule has 24 heavy (non-hydrogen) atoms. The van der Waals surface area contributed by atoms with Crippen molar-refractivity contribution < 1.29 is 4.79 Å². The van der Waals surface area contributed by atoms with E-state index in [1.54, 1.807) is 0 Å². The van der Waals surface area contributed by atoms with Crippen LogP contribution < -0.4 is 10.6 Å². The maximum atomic E-state index is 12.1. The van der Waals surface area contributed by atoms with E-state index in [1.807, 2.05) is 18.2 Å². The van der Waals surface area contributed by atoms with Crippen LogP contribution in [0.2, 0.25) is 10.0 Å². The Bertz CT molecular complexity index is 567. The van der Waals surface area contributed by atoms with Gasteiger partial charge in [0.05, 0.1) is 10.0 Å². The van der Waals surface area contributed by atoms with Gasteiger partial charge in [0.1, 0.15) is 0 Å². The zero-order valence-corrected chi connectivity index (χ0v) is 15.4. The number of halogens is 2. The highest BCUT2D eigenvalue weighted by molar-refractivity contribution is 6.42. The third kappa shape index (κ3) is 5.09. The van der Waals surface area contributed by atoms with E-state index in [2.05, 4.69) is 15.5 Å². The molecule has 0 aliphatic carbocycles. The summed E-state index contributed by atoms with van der Waals surface area (Å²) in [7, 11) is 0. The molecule has 0 saturated carbocycles. The van der Waals surface area contributed by atoms with E-state index < -0.39 is 0 Å². The molecule has 2 saturated heterocycles. The number of rotatable bonds is 5. The standard InChI is InChI=1S/C18H25Cl2N3O/c19-16-4-3-13(10-17(16)20)12-23-8-5-14(6-9-23)22-18(24)11-15-2-1-7-21-15/h3-4,10,14-15,21H,1-2,5-9,11-12H2,(H,22,24). The fourth-order valence-corrected chi connectivity index (χ4v) is 3.89. The molecule has 2 heterocycles. The molecule has 2 N–H and O–H groups in total. The van der Waals surface area contributed by atoms with Crippen molar-refractivity contribution in [3.05, 3.63) is 33.8 Å². The van der Waals surface area contributed by atoms with Gasteiger partial charge < -0.3 is 10.6 Å². The maximum Gasteiger partial charge on any atom is 0.221 e. The number of carbonyl (C=O) groups excluding carboxylic acids is 1. The number of hydrogen-bond donors (Lipinski definition) is 2. The Morgan fingerprint density at radius 3 is 2.67 bits per heavy atom. The summed E-state index contributed by atoms with van der Waals surface area (Å²) in [5, 5.41) is 7.79. The largest absolute Gasteiger partial charge is 0.353 e. The van der Waals surface area contributed by atoms with Crippen molar-refractivity contribution in [1.82, 2.24) is 15.5 Å². The molecule has 1 amide bonds. The zero-order chi connectivity index (χ0) is 16.9. The second-order valence-electron chi connectivity index (χ2n) is 6.86. The fourth-order valence-electron chi connectivity index (χ4n) is 3.57. The van der Waals surface area contributed by atoms with E-state index in [9.17, 15) is 4.79 Å². The van der Waals surface area contributed by atoms with Gasteiger partial charge in [-0.15, -0.1) is 0 Å². The SMILES string of the molecule is O=C(CC1CCCN1)NC1CCN(Cc2ccc(Cl)c(Cl)c2)CC1. The minimum Gasteiger partial charge on any atom is -0.353 e. The van der Waals surface area contributed by atoms with Gasteiger partial charge >= 0.3 is 0 Å². The van der Waals surface area contributed by atoms with Crippen LogP contribution in [0, 0.1) is 0 Å². The topological polar surface area (TPSA) is 44.4 Å². The van der Waals surface area contributed by atoms with E-state index in [1.165, 1.54) is 12.0 Å². The quantitative estimate of drug-likeness (QED) is 0.837. The highest BCUT2D eigenvalue weighted by Gasteiger charge is 2.23. The maximum absolute atomic E-state index is 12.1. The Labute approximate surface area is 153 Å². The van der Waals surface area contributed by atoms with Crippen LogP contribution in [0.3, 0.4) is 0 Å². The second kappa shape index (κ2) is 8.52. The van der Waals surface area contributed by atoms with Crippen molar-refractivity contribution in [2.75, 3.05) is 19.6 Å². The van der Waals surface area contributed by atoms with E-state index in [0.717, 1.165) is 45.4 Å². The van der Waals surface area contributed by atoms with Crippen molar-refractivity contribution in [2.45, 2.75) is 50.7 Å². The van der Waals surface area contributed by atoms with Crippen LogP contribution in [-0.4, -0.2) is 42.5 Å². The Morgan fingerprint density at radius 1 is 1.21 bits per heavy atom. The number of carbonyl (C=O) groups is 1. The molecule has 132 valence electrons. The first-order valence-electron chi connectivity index (χ1n) is 8.79. The summed E-state index contributed by atoms with van der Waals surface area (Å²) in [4.78, 5) is 14.5. The van der Waals surface area contributed by atoms with Crippen molar-refractivity contribution in [2.24, 2.45) is 0 Å². The highest BCUT2D eigenvalue weighted by Crippen LogP contribution is 2.24. The van der Waals surface area contributed by atoms with Gasteiger partial charge in [-0.25, -0.2) is 0 Å². The smallest absolute Gasteiger partial charge is 0.221 e. The molecule has 1 aromatic carbocycles. The van der Waals surface area contributed by atoms with Crippen LogP contribution >= 0.6 is 23.2 Å². The highest BCUT2D eigenvalue weighted by atomic mass is 35.5. The van der Waals surface area contributed by atoms with Crippen molar-refractivity contribution in [1.29, 1.82) is 0 Å². The molecule has 3 rings (SSSR count). The van der Waals surface area contributed by atoms with E-state index >= 15 is 0 Å². The third-order valence-corrected chi connectivity index (χ3v) is 5.68. The monoisotopic (exact) mass is 369 g/mol. The van der Waals surface area contributed by atoms with Gasteiger partial charge in [-0.3, -0.25) is 9.69 Å². The first-order valence-corrected chi connectivity index (χ1v) is 9.55. The van der Waals surface area contributed by atoms with Gasteiger partial charge in [0.15, 0.2) is 0 Å². The summed E-state index contributed by atoms with van der Waals surface area (Å²) in [6, 6.07) is 6.50. The van der Waals surface area contributed by atoms with Crippen LogP contribution in [0.15, 0.2) is 18.2 Å². The minimum absolute atomic E-state index is 0.192. The number of piperidine rings is 1. The van der Waals surface area contributed by atoms with E-state index in [-0.39, 0.29) is 5.91 Å². The average Bonchev–Trinajstić information content (AvgIpc) is 3.06. The second-order valence-corrected chi connectivity index (χ2v) is 7.68. The zero-order valence-electron chi connectivity index (χ0n) is 13.9. The van der Waals surface area contributed by atoms with Crippen molar-refractivity contribution in [3.8, 4) is 0 Å². The molecule has 2 fully saturated rings. The summed E-state index contributed by atoms with van der Waals surface area (Å²) in [5.41, 5.74) is 1.18. The first-order chi connectivity index (χ1) is 11.6. The molecule has 2 aliphatic rings. The minimum atomic E-state index is 0.192. The van der Waals surface area contributed by atoms with Gasteiger partial charge in [0.2, 0.25) is 5.91 Å². The molecular weight excluding hydrogens is 345 g/mol. The Kier molecular flexibility index (Phi) is 6.39. The Hall–Kier alpha value is -0.810. The lowest BCUT2D eigenvalue weighted by molar-refractivity contribution is -0.122. The summed E-state index contributed by atoms with van der Waals surface area (Å²) in [5.74, 6) is 0.192. The average molecular weight is 370 g/mol. The summed E-state index contributed by atoms with van der Waals surface area (Å²) in [6.45, 7) is 3.91. The van der Waals surface area contributed by atoms with Gasteiger partial charge in [-0.1, -0.05) is 29.3 Å². The van der Waals surface area contributed by atoms with Crippen LogP contribution in [0.5, 0.6) is 0 Å². The van der Waals surface area contributed by atoms with Crippen molar-refractivity contribution in [3.63, 3.8) is 0 Å². The van der Waals surface area contributed by atoms with Gasteiger partial charge in [0.25, 0.3) is 0 Å². The van der Waals surface area contributed by atoms with E-state index in [0.29, 0.717) is 28.5 Å². The predicted molar refractivity (Wildman–Crippen MR) is 98.5 cm³/mol. The molecule has 1 aromatic rings. The molecule has 2 aliphatic heterocycles. The Morgan fingerprint density at radius 2 is 2.00 bits per heavy atom. The van der Waals surface area contributed by atoms with Crippen molar-refractivity contribution >= 4 is 29.1 Å². The summed E-state index contributed by atoms with van der Waals surface area (Å²) in [6.07, 6.45) is 4.93. The summed E-state index contributed by atoms with van der Waals surface area (Å²) >= 11 is 12.0. The van der Waals surface area contributed by atoms with Crippen LogP contribution in [0.1, 0.15) is 37.7 Å². The number of amides is 1. The first kappa shape index (κ1) is 18.0. The molecule has 1 unspecified atom stereocenters. The van der Waals surface area contributed by atoms with Gasteiger partial charge in [0, 0.05) is 38.1 Å². The normalized spacial score (nSPS) is 22.7. The molecule has 0 radical (unpaired) electrons. The van der Waals surface area contributed by atoms with Crippen LogP contribution in [0.25, 0.3) is 0 Å². The third-order valence-electron chi connectivity index (χ3n) is 4.94. The molecular formula is C18H25Cl2N3O.